The highest BCUT2D eigenvalue weighted by atomic mass is 35.5. The summed E-state index contributed by atoms with van der Waals surface area (Å²) in [4.78, 5) is 58.5. The maximum Gasteiger partial charge on any atom is 0.356 e. The van der Waals surface area contributed by atoms with Crippen LogP contribution in [-0.2, 0) is 35.1 Å². The fraction of sp³-hybridized carbons (Fsp3) is 0.106. The zero-order valence-corrected chi connectivity index (χ0v) is 44.9. The van der Waals surface area contributed by atoms with Gasteiger partial charge in [0.15, 0.2) is 16.9 Å². The lowest BCUT2D eigenvalue weighted by Gasteiger charge is -2.49. The summed E-state index contributed by atoms with van der Waals surface area (Å²) >= 11 is 8.87. The first-order chi connectivity index (χ1) is 38.9. The second-order valence-electron chi connectivity index (χ2n) is 18.7. The van der Waals surface area contributed by atoms with Crippen LogP contribution in [0.25, 0.3) is 0 Å². The normalized spacial score (nSPS) is 15.5. The first-order valence-corrected chi connectivity index (χ1v) is 28.2. The molecule has 8 aromatic carbocycles. The summed E-state index contributed by atoms with van der Waals surface area (Å²) in [5.74, 6) is -1.40. The third-order valence-electron chi connectivity index (χ3n) is 14.0. The number of carbonyl (C=O) groups excluding carboxylic acids is 3. The highest BCUT2D eigenvalue weighted by Crippen LogP contribution is 2.45. The molecular formula is C66H52ClN5O5S2. The van der Waals surface area contributed by atoms with E-state index in [1.54, 1.807) is 17.5 Å². The molecule has 2 atom stereocenters. The second-order valence-corrected chi connectivity index (χ2v) is 21.0. The van der Waals surface area contributed by atoms with Gasteiger partial charge in [-0.1, -0.05) is 260 Å². The lowest BCUT2D eigenvalue weighted by molar-refractivity contribution is -0.154. The minimum atomic E-state index is -1.37. The number of anilines is 1. The number of hydrogen-bond donors (Lipinski definition) is 2. The number of carbonyl (C=O) groups is 3. The summed E-state index contributed by atoms with van der Waals surface area (Å²) in [5, 5.41) is 13.3. The van der Waals surface area contributed by atoms with Crippen molar-refractivity contribution in [2.45, 2.75) is 28.7 Å². The van der Waals surface area contributed by atoms with Crippen molar-refractivity contribution in [2.75, 3.05) is 16.9 Å². The maximum absolute atomic E-state index is 15.4. The summed E-state index contributed by atoms with van der Waals surface area (Å²) in [7, 11) is 0. The number of fused-ring (bicyclic) bond motifs is 1. The number of ether oxygens (including phenoxy) is 1. The Labute approximate surface area is 472 Å². The van der Waals surface area contributed by atoms with Gasteiger partial charge in [0.05, 0.1) is 0 Å². The molecule has 2 aliphatic rings. The van der Waals surface area contributed by atoms with Gasteiger partial charge in [0.1, 0.15) is 28.3 Å². The Kier molecular flexibility index (Phi) is 15.8. The Balaban J connectivity index is 0.987. The van der Waals surface area contributed by atoms with Crippen molar-refractivity contribution in [2.24, 2.45) is 5.16 Å². The SMILES string of the molecule is O=C(OC(c1ccccc1)c1ccccc1)C1=C(/C=C\CCl)CS[C@@H]2C(NC(=O)/C(=N\OC(c3ccccc3)(c3ccccc3)c3ccccc3)c3csc(NC(c4ccccc4)(c4ccccc4)c4ccccc4)n3)C(=O)N12. The van der Waals surface area contributed by atoms with E-state index in [4.69, 9.17) is 31.3 Å². The first-order valence-electron chi connectivity index (χ1n) is 25.7. The van der Waals surface area contributed by atoms with Crippen LogP contribution in [0.4, 0.5) is 5.13 Å². The van der Waals surface area contributed by atoms with Gasteiger partial charge in [-0.25, -0.2) is 9.78 Å². The highest BCUT2D eigenvalue weighted by molar-refractivity contribution is 8.00. The smallest absolute Gasteiger partial charge is 0.356 e. The van der Waals surface area contributed by atoms with E-state index >= 15 is 4.79 Å². The largest absolute Gasteiger partial charge is 0.448 e. The van der Waals surface area contributed by atoms with E-state index in [1.165, 1.54) is 28.0 Å². The second kappa shape index (κ2) is 23.8. The van der Waals surface area contributed by atoms with Gasteiger partial charge in [0, 0.05) is 33.7 Å². The highest BCUT2D eigenvalue weighted by Gasteiger charge is 2.55. The molecule has 79 heavy (non-hydrogen) atoms. The number of rotatable bonds is 19. The van der Waals surface area contributed by atoms with Crippen molar-refractivity contribution in [1.82, 2.24) is 15.2 Å². The molecule has 390 valence electrons. The maximum atomic E-state index is 15.4. The number of amides is 2. The van der Waals surface area contributed by atoms with Crippen molar-refractivity contribution in [3.8, 4) is 0 Å². The molecule has 11 rings (SSSR count). The van der Waals surface area contributed by atoms with E-state index in [1.807, 2.05) is 206 Å². The molecule has 0 spiro atoms. The lowest BCUT2D eigenvalue weighted by Crippen LogP contribution is -2.71. The molecule has 2 aliphatic heterocycles. The van der Waals surface area contributed by atoms with Crippen LogP contribution in [0.3, 0.4) is 0 Å². The number of hydrogen-bond acceptors (Lipinski definition) is 10. The van der Waals surface area contributed by atoms with Crippen LogP contribution in [0, 0.1) is 0 Å². The molecule has 1 fully saturated rings. The van der Waals surface area contributed by atoms with Crippen LogP contribution in [0.2, 0.25) is 0 Å². The number of β-lactam (4-membered cyclic amide) rings is 1. The summed E-state index contributed by atoms with van der Waals surface area (Å²) in [6, 6.07) is 77.5. The van der Waals surface area contributed by atoms with Gasteiger partial charge >= 0.3 is 5.97 Å². The Morgan fingerprint density at radius 2 is 1.08 bits per heavy atom. The van der Waals surface area contributed by atoms with Gasteiger partial charge in [-0.05, 0) is 33.4 Å². The molecule has 1 unspecified atom stereocenters. The van der Waals surface area contributed by atoms with Crippen molar-refractivity contribution >= 4 is 63.3 Å². The zero-order valence-electron chi connectivity index (χ0n) is 42.5. The van der Waals surface area contributed by atoms with E-state index in [0.717, 1.165) is 44.5 Å². The molecule has 13 heteroatoms. The van der Waals surface area contributed by atoms with Crippen LogP contribution in [-0.4, -0.2) is 56.4 Å². The van der Waals surface area contributed by atoms with Crippen LogP contribution in [0.5, 0.6) is 0 Å². The summed E-state index contributed by atoms with van der Waals surface area (Å²) in [5.41, 5.74) is 5.04. The average molecular weight is 1090 g/mol. The lowest BCUT2D eigenvalue weighted by atomic mass is 9.77. The fourth-order valence-electron chi connectivity index (χ4n) is 10.3. The molecular weight excluding hydrogens is 1040 g/mol. The number of allylic oxidation sites excluding steroid dienone is 2. The van der Waals surface area contributed by atoms with Crippen molar-refractivity contribution in [3.05, 3.63) is 322 Å². The molecule has 0 aliphatic carbocycles. The van der Waals surface area contributed by atoms with E-state index in [9.17, 15) is 9.59 Å². The van der Waals surface area contributed by atoms with Crippen LogP contribution < -0.4 is 10.6 Å². The topological polar surface area (TPSA) is 122 Å². The van der Waals surface area contributed by atoms with Crippen LogP contribution in [0.1, 0.15) is 56.3 Å². The van der Waals surface area contributed by atoms with E-state index in [0.29, 0.717) is 16.5 Å². The monoisotopic (exact) mass is 1090 g/mol. The molecule has 0 radical (unpaired) electrons. The van der Waals surface area contributed by atoms with Crippen molar-refractivity contribution in [1.29, 1.82) is 0 Å². The molecule has 9 aromatic rings. The molecule has 1 aromatic heterocycles. The molecule has 2 amide bonds. The number of thiazole rings is 1. The summed E-state index contributed by atoms with van der Waals surface area (Å²) < 4.78 is 6.38. The van der Waals surface area contributed by atoms with Crippen LogP contribution >= 0.6 is 34.7 Å². The minimum absolute atomic E-state index is 0.0852. The Bertz CT molecular complexity index is 3400. The van der Waals surface area contributed by atoms with Crippen LogP contribution in [0.15, 0.2) is 277 Å². The Morgan fingerprint density at radius 3 is 1.52 bits per heavy atom. The molecule has 10 nitrogen and oxygen atoms in total. The van der Waals surface area contributed by atoms with Gasteiger partial charge in [0.25, 0.3) is 11.8 Å². The third kappa shape index (κ3) is 10.5. The summed E-state index contributed by atoms with van der Waals surface area (Å²) in [6.07, 6.45) is 2.71. The average Bonchev–Trinajstić information content (AvgIpc) is 4.13. The summed E-state index contributed by atoms with van der Waals surface area (Å²) in [6.45, 7) is 0. The molecule has 1 saturated heterocycles. The number of halogens is 1. The molecule has 0 saturated carbocycles. The van der Waals surface area contributed by atoms with Gasteiger partial charge in [0.2, 0.25) is 5.60 Å². The van der Waals surface area contributed by atoms with E-state index < -0.39 is 46.4 Å². The number of thioether (sulfide) groups is 1. The quantitative estimate of drug-likeness (QED) is 0.0205. The number of nitrogens with zero attached hydrogens (tertiary/aromatic N) is 3. The number of aromatic nitrogens is 1. The predicted octanol–water partition coefficient (Wildman–Crippen LogP) is 13.0. The fourth-order valence-corrected chi connectivity index (χ4v) is 12.4. The van der Waals surface area contributed by atoms with Crippen molar-refractivity contribution < 1.29 is 24.0 Å². The Hall–Kier alpha value is -8.81. The number of oxime groups is 1. The number of esters is 1. The number of nitrogens with one attached hydrogen (secondary N) is 2. The molecule has 0 bridgehead atoms. The van der Waals surface area contributed by atoms with Crippen molar-refractivity contribution in [3.63, 3.8) is 0 Å². The Morgan fingerprint density at radius 1 is 0.646 bits per heavy atom. The zero-order chi connectivity index (χ0) is 54.0. The number of alkyl halides is 1. The van der Waals surface area contributed by atoms with Gasteiger partial charge in [-0.2, -0.15) is 0 Å². The van der Waals surface area contributed by atoms with Gasteiger partial charge in [-0.15, -0.1) is 34.7 Å². The van der Waals surface area contributed by atoms with E-state index in [-0.39, 0.29) is 23.0 Å². The van der Waals surface area contributed by atoms with E-state index in [2.05, 4.69) is 47.0 Å². The molecule has 3 heterocycles. The minimum Gasteiger partial charge on any atom is -0.448 e. The number of benzene rings is 8. The predicted molar refractivity (Wildman–Crippen MR) is 315 cm³/mol. The third-order valence-corrected chi connectivity index (χ3v) is 16.2. The standard InChI is InChI=1S/C66H52ClN5O5S2/c67-43-25-30-48-44-78-62-57(61(74)72(62)58(48)63(75)76-59(46-26-9-1-10-27-46)47-28-11-2-12-29-47)69-60(73)56(71-77-66(52-37-19-6-20-38-52,53-39-21-7-22-40-53)54-41-23-8-24-42-54)55-45-79-64(68-55)70-65(49-31-13-3-14-32-49,50-33-15-4-16-34-50)51-35-17-5-18-36-51/h1-42,45,57,59,62H,43-44H2,(H,68,70)(H,69,73)/b30-25-,71-56-/t57?,62-/m1/s1. The molecule has 2 N–H and O–H groups in total. The van der Waals surface area contributed by atoms with Gasteiger partial charge < -0.3 is 20.2 Å². The van der Waals surface area contributed by atoms with Gasteiger partial charge in [-0.3, -0.25) is 14.5 Å². The first kappa shape index (κ1) is 52.3.